The summed E-state index contributed by atoms with van der Waals surface area (Å²) in [4.78, 5) is 14.5. The second-order valence-electron chi connectivity index (χ2n) is 9.90. The molecule has 4 aromatic heterocycles. The van der Waals surface area contributed by atoms with Crippen molar-refractivity contribution < 1.29 is 5.79 Å². The summed E-state index contributed by atoms with van der Waals surface area (Å²) in [5.74, 6) is 0. The van der Waals surface area contributed by atoms with E-state index in [1.165, 1.54) is 0 Å². The van der Waals surface area contributed by atoms with E-state index in [9.17, 15) is 0 Å². The van der Waals surface area contributed by atoms with E-state index in [1.54, 1.807) is 6.07 Å². The summed E-state index contributed by atoms with van der Waals surface area (Å²) in [7, 11) is 0. The Morgan fingerprint density at radius 3 is 2.14 bits per heavy atom. The quantitative estimate of drug-likeness (QED) is 0.261. The zero-order chi connectivity index (χ0) is 25.7. The average molecular weight is 471 g/mol. The fourth-order valence-electron chi connectivity index (χ4n) is 4.79. The first-order valence-corrected chi connectivity index (χ1v) is 12.1. The van der Waals surface area contributed by atoms with Gasteiger partial charge in [-0.25, -0.2) is 4.98 Å². The van der Waals surface area contributed by atoms with Crippen LogP contribution in [0.15, 0.2) is 95.5 Å². The highest BCUT2D eigenvalue weighted by Crippen LogP contribution is 2.37. The van der Waals surface area contributed by atoms with Crippen LogP contribution in [0.2, 0.25) is 0 Å². The number of hydrogen-bond donors (Lipinski definition) is 0. The molecule has 36 heavy (non-hydrogen) atoms. The zero-order valence-corrected chi connectivity index (χ0v) is 20.8. The molecule has 0 bridgehead atoms. The summed E-state index contributed by atoms with van der Waals surface area (Å²) in [5, 5.41) is 1.87. The Balaban J connectivity index is 1.50. The number of fused-ring (bicyclic) bond motifs is 3. The highest BCUT2D eigenvalue weighted by Gasteiger charge is 2.28. The van der Waals surface area contributed by atoms with Crippen LogP contribution in [0, 0.1) is 13.8 Å². The SMILES string of the molecule is [2H]c1ccc2c(n1)oc1c(-c3cc(C)cc(C(C)(C)c4cc(C)cc(-c5ccccc5)n4)n3)cccc12. The molecule has 0 aliphatic carbocycles. The number of furan rings is 1. The van der Waals surface area contributed by atoms with Crippen LogP contribution in [0.5, 0.6) is 0 Å². The summed E-state index contributed by atoms with van der Waals surface area (Å²) in [6.07, 6.45) is 0.186. The van der Waals surface area contributed by atoms with Crippen LogP contribution in [-0.4, -0.2) is 15.0 Å². The second-order valence-corrected chi connectivity index (χ2v) is 9.90. The summed E-state index contributed by atoms with van der Waals surface area (Å²) >= 11 is 0. The highest BCUT2D eigenvalue weighted by atomic mass is 16.3. The van der Waals surface area contributed by atoms with Gasteiger partial charge in [-0.15, -0.1) is 0 Å². The average Bonchev–Trinajstić information content (AvgIpc) is 3.26. The Bertz CT molecular complexity index is 1790. The van der Waals surface area contributed by atoms with Gasteiger partial charge in [-0.2, -0.15) is 0 Å². The van der Waals surface area contributed by atoms with Crippen molar-refractivity contribution in [1.29, 1.82) is 0 Å². The number of rotatable bonds is 4. The van der Waals surface area contributed by atoms with Crippen LogP contribution in [0.4, 0.5) is 0 Å². The smallest absolute Gasteiger partial charge is 0.227 e. The minimum atomic E-state index is -0.431. The van der Waals surface area contributed by atoms with Gasteiger partial charge in [-0.3, -0.25) is 9.97 Å². The Morgan fingerprint density at radius 2 is 1.39 bits per heavy atom. The molecule has 4 heteroatoms. The van der Waals surface area contributed by atoms with Crippen molar-refractivity contribution >= 4 is 22.1 Å². The van der Waals surface area contributed by atoms with Gasteiger partial charge >= 0.3 is 0 Å². The lowest BCUT2D eigenvalue weighted by atomic mass is 9.83. The molecule has 0 saturated heterocycles. The van der Waals surface area contributed by atoms with Gasteiger partial charge in [0.1, 0.15) is 5.58 Å². The van der Waals surface area contributed by atoms with E-state index in [0.29, 0.717) is 5.71 Å². The van der Waals surface area contributed by atoms with Gasteiger partial charge < -0.3 is 4.42 Å². The summed E-state index contributed by atoms with van der Waals surface area (Å²) in [6, 6.07) is 28.4. The van der Waals surface area contributed by atoms with Gasteiger partial charge in [-0.05, 0) is 81.3 Å². The molecule has 0 amide bonds. The maximum atomic E-state index is 7.87. The minimum Gasteiger partial charge on any atom is -0.437 e. The largest absolute Gasteiger partial charge is 0.437 e. The van der Waals surface area contributed by atoms with Crippen molar-refractivity contribution in [3.63, 3.8) is 0 Å². The third-order valence-corrected chi connectivity index (χ3v) is 6.79. The zero-order valence-electron chi connectivity index (χ0n) is 21.8. The summed E-state index contributed by atoms with van der Waals surface area (Å²) in [6.45, 7) is 8.56. The van der Waals surface area contributed by atoms with Crippen molar-refractivity contribution in [2.75, 3.05) is 0 Å². The van der Waals surface area contributed by atoms with Crippen molar-refractivity contribution in [3.05, 3.63) is 114 Å². The van der Waals surface area contributed by atoms with Gasteiger partial charge in [0, 0.05) is 33.5 Å². The van der Waals surface area contributed by atoms with Gasteiger partial charge in [0.2, 0.25) is 5.71 Å². The predicted octanol–water partition coefficient (Wildman–Crippen LogP) is 8.05. The third kappa shape index (κ3) is 3.75. The number of pyridine rings is 3. The molecule has 0 N–H and O–H groups in total. The minimum absolute atomic E-state index is 0.186. The molecule has 0 fully saturated rings. The van der Waals surface area contributed by atoms with Crippen LogP contribution in [-0.2, 0) is 5.41 Å². The fraction of sp³-hybridized carbons (Fsp3) is 0.156. The molecule has 0 atom stereocenters. The van der Waals surface area contributed by atoms with Gasteiger partial charge in [0.05, 0.1) is 24.1 Å². The molecule has 4 heterocycles. The monoisotopic (exact) mass is 470 g/mol. The van der Waals surface area contributed by atoms with Crippen LogP contribution < -0.4 is 0 Å². The standard InChI is InChI=1S/C32H27N3O/c1-20-16-26(22-10-6-5-7-11-22)34-28(18-20)32(3,4)29-19-21(2)17-27(35-29)25-13-8-12-23-24-14-9-15-33-31(24)36-30(23)25/h5-19H,1-4H3/i15D. The number of nitrogens with zero attached hydrogens (tertiary/aromatic N) is 3. The molecular formula is C32H27N3O. The maximum Gasteiger partial charge on any atom is 0.227 e. The molecule has 6 aromatic rings. The fourth-order valence-corrected chi connectivity index (χ4v) is 4.79. The molecule has 4 nitrogen and oxygen atoms in total. The first kappa shape index (κ1) is 21.0. The topological polar surface area (TPSA) is 51.8 Å². The number of aromatic nitrogens is 3. The number of hydrogen-bond acceptors (Lipinski definition) is 4. The first-order chi connectivity index (χ1) is 17.8. The number of benzene rings is 2. The molecule has 0 radical (unpaired) electrons. The Labute approximate surface area is 212 Å². The Kier molecular flexibility index (Phi) is 4.91. The van der Waals surface area contributed by atoms with E-state index in [2.05, 4.69) is 69.1 Å². The predicted molar refractivity (Wildman–Crippen MR) is 146 cm³/mol. The lowest BCUT2D eigenvalue weighted by Gasteiger charge is -2.26. The van der Waals surface area contributed by atoms with Gasteiger partial charge in [0.25, 0.3) is 0 Å². The van der Waals surface area contributed by atoms with Crippen LogP contribution in [0.1, 0.15) is 37.7 Å². The summed E-state index contributed by atoms with van der Waals surface area (Å²) in [5.41, 5.74) is 8.79. The highest BCUT2D eigenvalue weighted by molar-refractivity contribution is 6.08. The molecular weight excluding hydrogens is 442 g/mol. The summed E-state index contributed by atoms with van der Waals surface area (Å²) < 4.78 is 14.0. The maximum absolute atomic E-state index is 7.87. The van der Waals surface area contributed by atoms with Crippen molar-refractivity contribution in [3.8, 4) is 22.5 Å². The van der Waals surface area contributed by atoms with E-state index in [0.717, 1.165) is 61.4 Å². The van der Waals surface area contributed by atoms with Crippen LogP contribution >= 0.6 is 0 Å². The molecule has 2 aromatic carbocycles. The lowest BCUT2D eigenvalue weighted by molar-refractivity contribution is 0.595. The number of para-hydroxylation sites is 1. The molecule has 0 aliphatic heterocycles. The molecule has 176 valence electrons. The van der Waals surface area contributed by atoms with Crippen molar-refractivity contribution in [2.24, 2.45) is 0 Å². The second kappa shape index (κ2) is 8.42. The van der Waals surface area contributed by atoms with E-state index < -0.39 is 5.41 Å². The Morgan fingerprint density at radius 1 is 0.722 bits per heavy atom. The number of aryl methyl sites for hydroxylation is 2. The van der Waals surface area contributed by atoms with E-state index in [4.69, 9.17) is 15.8 Å². The molecule has 0 unspecified atom stereocenters. The third-order valence-electron chi connectivity index (χ3n) is 6.79. The van der Waals surface area contributed by atoms with Crippen LogP contribution in [0.3, 0.4) is 0 Å². The van der Waals surface area contributed by atoms with Gasteiger partial charge in [-0.1, -0.05) is 42.5 Å². The van der Waals surface area contributed by atoms with Crippen molar-refractivity contribution in [1.82, 2.24) is 15.0 Å². The first-order valence-electron chi connectivity index (χ1n) is 12.6. The molecule has 0 saturated carbocycles. The van der Waals surface area contributed by atoms with E-state index in [-0.39, 0.29) is 6.17 Å². The molecule has 0 spiro atoms. The lowest BCUT2D eigenvalue weighted by Crippen LogP contribution is -2.23. The van der Waals surface area contributed by atoms with E-state index >= 15 is 0 Å². The normalized spacial score (nSPS) is 12.3. The molecule has 0 aliphatic rings. The van der Waals surface area contributed by atoms with E-state index in [1.807, 2.05) is 42.5 Å². The molecule has 6 rings (SSSR count). The van der Waals surface area contributed by atoms with Crippen LogP contribution in [0.25, 0.3) is 44.6 Å². The van der Waals surface area contributed by atoms with Gasteiger partial charge in [0.15, 0.2) is 0 Å². The van der Waals surface area contributed by atoms with Crippen molar-refractivity contribution in [2.45, 2.75) is 33.1 Å². The Hall–Kier alpha value is -4.31.